The lowest BCUT2D eigenvalue weighted by molar-refractivity contribution is -0.148. The molecule has 0 saturated carbocycles. The molecule has 21 heavy (non-hydrogen) atoms. The number of carbonyl (C=O) groups is 2. The van der Waals surface area contributed by atoms with Gasteiger partial charge < -0.3 is 10.0 Å². The normalized spacial score (nSPS) is 21.6. The van der Waals surface area contributed by atoms with Gasteiger partial charge in [0.25, 0.3) is 5.91 Å². The van der Waals surface area contributed by atoms with Crippen LogP contribution >= 0.6 is 15.9 Å². The van der Waals surface area contributed by atoms with Crippen molar-refractivity contribution in [2.45, 2.75) is 38.1 Å². The summed E-state index contributed by atoms with van der Waals surface area (Å²) in [7, 11) is 0. The van der Waals surface area contributed by atoms with E-state index in [1.165, 1.54) is 17.0 Å². The van der Waals surface area contributed by atoms with Crippen LogP contribution < -0.4 is 0 Å². The minimum absolute atomic E-state index is 0.172. The number of rotatable bonds is 4. The van der Waals surface area contributed by atoms with E-state index in [1.54, 1.807) is 0 Å². The third-order valence-electron chi connectivity index (χ3n) is 3.91. The van der Waals surface area contributed by atoms with E-state index in [9.17, 15) is 19.1 Å². The van der Waals surface area contributed by atoms with Crippen molar-refractivity contribution in [2.75, 3.05) is 6.54 Å². The SMILES string of the molecule is CCCC1(C(=O)O)CCCN1C(=O)c1cc(F)cc(Br)c1. The molecule has 1 aliphatic rings. The molecule has 0 bridgehead atoms. The highest BCUT2D eigenvalue weighted by molar-refractivity contribution is 9.10. The number of nitrogens with zero attached hydrogens (tertiary/aromatic N) is 1. The van der Waals surface area contributed by atoms with Crippen LogP contribution in [0.3, 0.4) is 0 Å². The van der Waals surface area contributed by atoms with E-state index in [0.29, 0.717) is 36.7 Å². The Balaban J connectivity index is 2.38. The lowest BCUT2D eigenvalue weighted by Gasteiger charge is -2.34. The molecular formula is C15H17BrFNO3. The van der Waals surface area contributed by atoms with Gasteiger partial charge in [-0.15, -0.1) is 0 Å². The number of carboxylic acid groups (broad SMARTS) is 1. The van der Waals surface area contributed by atoms with Crippen LogP contribution in [0.5, 0.6) is 0 Å². The predicted octanol–water partition coefficient (Wildman–Crippen LogP) is 3.45. The van der Waals surface area contributed by atoms with Crippen LogP contribution in [0.15, 0.2) is 22.7 Å². The van der Waals surface area contributed by atoms with Crippen molar-refractivity contribution in [1.29, 1.82) is 0 Å². The molecule has 0 aliphatic carbocycles. The summed E-state index contributed by atoms with van der Waals surface area (Å²) < 4.78 is 13.9. The molecule has 1 amide bonds. The molecule has 0 aromatic heterocycles. The van der Waals surface area contributed by atoms with E-state index >= 15 is 0 Å². The molecule has 2 rings (SSSR count). The molecule has 1 aromatic rings. The Morgan fingerprint density at radius 1 is 1.43 bits per heavy atom. The van der Waals surface area contributed by atoms with Gasteiger partial charge in [0.1, 0.15) is 11.4 Å². The molecule has 1 saturated heterocycles. The molecule has 1 atom stereocenters. The van der Waals surface area contributed by atoms with Gasteiger partial charge in [-0.2, -0.15) is 0 Å². The average Bonchev–Trinajstić information content (AvgIpc) is 2.82. The number of carboxylic acids is 1. The summed E-state index contributed by atoms with van der Waals surface area (Å²) in [4.78, 5) is 25.7. The molecule has 114 valence electrons. The first kappa shape index (κ1) is 15.9. The highest BCUT2D eigenvalue weighted by Crippen LogP contribution is 2.35. The smallest absolute Gasteiger partial charge is 0.329 e. The number of benzene rings is 1. The standard InChI is InChI=1S/C15H17BrFNO3/c1-2-4-15(14(20)21)5-3-6-18(15)13(19)10-7-11(16)9-12(17)8-10/h7-9H,2-6H2,1H3,(H,20,21). The molecular weight excluding hydrogens is 341 g/mol. The summed E-state index contributed by atoms with van der Waals surface area (Å²) in [6.07, 6.45) is 2.17. The molecule has 1 fully saturated rings. The predicted molar refractivity (Wildman–Crippen MR) is 79.6 cm³/mol. The second-order valence-electron chi connectivity index (χ2n) is 5.31. The van der Waals surface area contributed by atoms with E-state index < -0.39 is 23.2 Å². The monoisotopic (exact) mass is 357 g/mol. The molecule has 1 aliphatic heterocycles. The summed E-state index contributed by atoms with van der Waals surface area (Å²) >= 11 is 3.15. The van der Waals surface area contributed by atoms with Gasteiger partial charge in [0.15, 0.2) is 0 Å². The largest absolute Gasteiger partial charge is 0.479 e. The van der Waals surface area contributed by atoms with Gasteiger partial charge in [0, 0.05) is 16.6 Å². The highest BCUT2D eigenvalue weighted by Gasteiger charge is 2.49. The molecule has 0 radical (unpaired) electrons. The van der Waals surface area contributed by atoms with Crippen LogP contribution in [-0.4, -0.2) is 34.0 Å². The number of hydrogen-bond acceptors (Lipinski definition) is 2. The van der Waals surface area contributed by atoms with Crippen LogP contribution in [-0.2, 0) is 4.79 Å². The van der Waals surface area contributed by atoms with Gasteiger partial charge in [-0.1, -0.05) is 29.3 Å². The van der Waals surface area contributed by atoms with Crippen molar-refractivity contribution in [2.24, 2.45) is 0 Å². The Morgan fingerprint density at radius 2 is 2.14 bits per heavy atom. The second kappa shape index (κ2) is 6.13. The Labute approximate surface area is 131 Å². The molecule has 6 heteroatoms. The third-order valence-corrected chi connectivity index (χ3v) is 4.36. The van der Waals surface area contributed by atoms with Crippen molar-refractivity contribution in [3.63, 3.8) is 0 Å². The zero-order valence-corrected chi connectivity index (χ0v) is 13.3. The molecule has 1 heterocycles. The Morgan fingerprint density at radius 3 is 2.71 bits per heavy atom. The highest BCUT2D eigenvalue weighted by atomic mass is 79.9. The minimum Gasteiger partial charge on any atom is -0.479 e. The van der Waals surface area contributed by atoms with E-state index in [4.69, 9.17) is 0 Å². The van der Waals surface area contributed by atoms with Crippen LogP contribution in [0.4, 0.5) is 4.39 Å². The van der Waals surface area contributed by atoms with Crippen LogP contribution in [0.2, 0.25) is 0 Å². The number of halogens is 2. The van der Waals surface area contributed by atoms with E-state index in [0.717, 1.165) is 6.07 Å². The summed E-state index contributed by atoms with van der Waals surface area (Å²) in [5.74, 6) is -1.93. The lowest BCUT2D eigenvalue weighted by atomic mass is 9.90. The van der Waals surface area contributed by atoms with Gasteiger partial charge in [0.05, 0.1) is 0 Å². The summed E-state index contributed by atoms with van der Waals surface area (Å²) in [5, 5.41) is 9.59. The molecule has 4 nitrogen and oxygen atoms in total. The molecule has 1 aromatic carbocycles. The fraction of sp³-hybridized carbons (Fsp3) is 0.467. The van der Waals surface area contributed by atoms with Gasteiger partial charge in [0.2, 0.25) is 0 Å². The van der Waals surface area contributed by atoms with E-state index in [1.807, 2.05) is 6.92 Å². The minimum atomic E-state index is -1.16. The fourth-order valence-electron chi connectivity index (χ4n) is 3.01. The van der Waals surface area contributed by atoms with Crippen molar-refractivity contribution in [1.82, 2.24) is 4.90 Å². The van der Waals surface area contributed by atoms with E-state index in [-0.39, 0.29) is 5.56 Å². The van der Waals surface area contributed by atoms with Crippen molar-refractivity contribution in [3.8, 4) is 0 Å². The molecule has 1 unspecified atom stereocenters. The number of hydrogen-bond donors (Lipinski definition) is 1. The Bertz CT molecular complexity index is 558. The first-order valence-electron chi connectivity index (χ1n) is 6.92. The number of aliphatic carboxylic acids is 1. The number of likely N-dealkylation sites (tertiary alicyclic amines) is 1. The zero-order valence-electron chi connectivity index (χ0n) is 11.7. The third kappa shape index (κ3) is 2.95. The van der Waals surface area contributed by atoms with Crippen molar-refractivity contribution >= 4 is 27.8 Å². The Kier molecular flexibility index (Phi) is 4.66. The lowest BCUT2D eigenvalue weighted by Crippen LogP contribution is -2.53. The Hall–Kier alpha value is -1.43. The van der Waals surface area contributed by atoms with Crippen molar-refractivity contribution < 1.29 is 19.1 Å². The molecule has 1 N–H and O–H groups in total. The quantitative estimate of drug-likeness (QED) is 0.897. The first-order valence-corrected chi connectivity index (χ1v) is 7.71. The van der Waals surface area contributed by atoms with Gasteiger partial charge in [-0.25, -0.2) is 9.18 Å². The maximum atomic E-state index is 13.5. The second-order valence-corrected chi connectivity index (χ2v) is 6.22. The van der Waals surface area contributed by atoms with E-state index in [2.05, 4.69) is 15.9 Å². The summed E-state index contributed by atoms with van der Waals surface area (Å²) in [6, 6.07) is 3.92. The molecule has 0 spiro atoms. The van der Waals surface area contributed by atoms with Crippen LogP contribution in [0, 0.1) is 5.82 Å². The number of amides is 1. The van der Waals surface area contributed by atoms with Gasteiger partial charge in [-0.3, -0.25) is 4.79 Å². The van der Waals surface area contributed by atoms with Crippen LogP contribution in [0.25, 0.3) is 0 Å². The average molecular weight is 358 g/mol. The maximum Gasteiger partial charge on any atom is 0.329 e. The topological polar surface area (TPSA) is 57.6 Å². The first-order chi connectivity index (χ1) is 9.90. The summed E-state index contributed by atoms with van der Waals surface area (Å²) in [6.45, 7) is 2.28. The maximum absolute atomic E-state index is 13.5. The van der Waals surface area contributed by atoms with Crippen LogP contribution in [0.1, 0.15) is 43.0 Å². The van der Waals surface area contributed by atoms with Crippen molar-refractivity contribution in [3.05, 3.63) is 34.1 Å². The summed E-state index contributed by atoms with van der Waals surface area (Å²) in [5.41, 5.74) is -0.990. The number of carbonyl (C=O) groups excluding carboxylic acids is 1. The fourth-order valence-corrected chi connectivity index (χ4v) is 3.48. The van der Waals surface area contributed by atoms with Gasteiger partial charge >= 0.3 is 5.97 Å². The van der Waals surface area contributed by atoms with Gasteiger partial charge in [-0.05, 0) is 37.5 Å². The zero-order chi connectivity index (χ0) is 15.6.